The second-order valence-corrected chi connectivity index (χ2v) is 2.22. The fraction of sp³-hybridized carbons (Fsp3) is 0.286. The van der Waals surface area contributed by atoms with Gasteiger partial charge in [0.15, 0.2) is 0 Å². The van der Waals surface area contributed by atoms with Gasteiger partial charge in [-0.2, -0.15) is 0 Å². The summed E-state index contributed by atoms with van der Waals surface area (Å²) in [4.78, 5) is 10.9. The van der Waals surface area contributed by atoms with E-state index in [1.165, 1.54) is 13.2 Å². The second kappa shape index (κ2) is 2.65. The largest absolute Gasteiger partial charge is 0.464 e. The molecular formula is C7H9N2O2. The highest BCUT2D eigenvalue weighted by atomic mass is 16.5. The first kappa shape index (κ1) is 7.65. The molecule has 0 saturated carbocycles. The number of hydrogen-bond acceptors (Lipinski definition) is 2. The summed E-state index contributed by atoms with van der Waals surface area (Å²) >= 11 is 0. The third-order valence-corrected chi connectivity index (χ3v) is 1.40. The summed E-state index contributed by atoms with van der Waals surface area (Å²) in [5.74, 6) is -0.411. The summed E-state index contributed by atoms with van der Waals surface area (Å²) < 4.78 is 6.05. The molecule has 59 valence electrons. The monoisotopic (exact) mass is 153 g/mol. The molecule has 0 aliphatic heterocycles. The fourth-order valence-corrected chi connectivity index (χ4v) is 0.872. The number of aromatic nitrogens is 1. The number of esters is 1. The molecular weight excluding hydrogens is 144 g/mol. The third-order valence-electron chi connectivity index (χ3n) is 1.40. The lowest BCUT2D eigenvalue weighted by Gasteiger charge is -1.98. The fourth-order valence-electron chi connectivity index (χ4n) is 0.872. The van der Waals surface area contributed by atoms with Crippen molar-refractivity contribution < 1.29 is 9.53 Å². The van der Waals surface area contributed by atoms with Gasteiger partial charge in [-0.05, 0) is 6.07 Å². The van der Waals surface area contributed by atoms with Gasteiger partial charge in [0.2, 0.25) is 0 Å². The molecule has 0 aliphatic rings. The van der Waals surface area contributed by atoms with Crippen molar-refractivity contribution in [2.24, 2.45) is 7.05 Å². The van der Waals surface area contributed by atoms with E-state index in [1.807, 2.05) is 0 Å². The van der Waals surface area contributed by atoms with Gasteiger partial charge in [0.25, 0.3) is 0 Å². The highest BCUT2D eigenvalue weighted by molar-refractivity contribution is 5.88. The van der Waals surface area contributed by atoms with Crippen molar-refractivity contribution in [3.63, 3.8) is 0 Å². The van der Waals surface area contributed by atoms with Crippen LogP contribution < -0.4 is 5.73 Å². The van der Waals surface area contributed by atoms with Crippen LogP contribution in [-0.4, -0.2) is 17.6 Å². The molecule has 0 bridgehead atoms. The van der Waals surface area contributed by atoms with E-state index in [9.17, 15) is 4.79 Å². The van der Waals surface area contributed by atoms with Gasteiger partial charge in [-0.15, -0.1) is 0 Å². The number of methoxy groups -OCH3 is 1. The van der Waals surface area contributed by atoms with Crippen molar-refractivity contribution >= 4 is 11.7 Å². The Bertz CT molecular complexity index is 278. The molecule has 1 radical (unpaired) electrons. The summed E-state index contributed by atoms with van der Waals surface area (Å²) in [6.45, 7) is 0. The number of ether oxygens (including phenoxy) is 1. The molecule has 1 heterocycles. The molecule has 0 atom stereocenters. The Morgan fingerprint density at radius 3 is 2.73 bits per heavy atom. The molecule has 0 aromatic carbocycles. The number of aryl methyl sites for hydroxylation is 1. The lowest BCUT2D eigenvalue weighted by molar-refractivity contribution is 0.0590. The van der Waals surface area contributed by atoms with Crippen molar-refractivity contribution in [2.75, 3.05) is 7.11 Å². The Morgan fingerprint density at radius 1 is 1.73 bits per heavy atom. The van der Waals surface area contributed by atoms with Crippen molar-refractivity contribution in [1.29, 1.82) is 0 Å². The summed E-state index contributed by atoms with van der Waals surface area (Å²) in [5.41, 5.74) is 7.91. The van der Waals surface area contributed by atoms with Crippen LogP contribution in [0.4, 0.5) is 5.69 Å². The molecule has 1 rings (SSSR count). The maximum absolute atomic E-state index is 10.9. The van der Waals surface area contributed by atoms with E-state index in [2.05, 4.69) is 4.74 Å². The average Bonchev–Trinajstić information content (AvgIpc) is 2.28. The molecule has 0 saturated heterocycles. The van der Waals surface area contributed by atoms with Gasteiger partial charge in [0.05, 0.1) is 12.8 Å². The van der Waals surface area contributed by atoms with Crippen LogP contribution in [0.5, 0.6) is 0 Å². The third kappa shape index (κ3) is 1.34. The quantitative estimate of drug-likeness (QED) is 0.558. The van der Waals surface area contributed by atoms with Crippen molar-refractivity contribution in [2.45, 2.75) is 0 Å². The maximum atomic E-state index is 10.9. The van der Waals surface area contributed by atoms with Crippen LogP contribution in [0.25, 0.3) is 0 Å². The molecule has 11 heavy (non-hydrogen) atoms. The van der Waals surface area contributed by atoms with E-state index < -0.39 is 5.97 Å². The van der Waals surface area contributed by atoms with E-state index in [4.69, 9.17) is 5.73 Å². The number of carbonyl (C=O) groups is 1. The lowest BCUT2D eigenvalue weighted by Crippen LogP contribution is -2.06. The minimum Gasteiger partial charge on any atom is -0.464 e. The topological polar surface area (TPSA) is 55.0 Å². The molecule has 1 aromatic rings. The normalized spacial score (nSPS) is 9.64. The highest BCUT2D eigenvalue weighted by Gasteiger charge is 2.09. The SMILES string of the molecule is COC(=O)c1cc([NH])cn1C. The summed E-state index contributed by atoms with van der Waals surface area (Å²) in [6.07, 6.45) is 1.55. The first-order valence-electron chi connectivity index (χ1n) is 3.11. The summed E-state index contributed by atoms with van der Waals surface area (Å²) in [6, 6.07) is 1.46. The van der Waals surface area contributed by atoms with Crippen LogP contribution in [-0.2, 0) is 11.8 Å². The zero-order valence-electron chi connectivity index (χ0n) is 6.42. The lowest BCUT2D eigenvalue weighted by atomic mass is 10.4. The first-order valence-corrected chi connectivity index (χ1v) is 3.11. The second-order valence-electron chi connectivity index (χ2n) is 2.22. The van der Waals surface area contributed by atoms with E-state index >= 15 is 0 Å². The van der Waals surface area contributed by atoms with E-state index in [0.29, 0.717) is 11.4 Å². The Hall–Kier alpha value is -1.45. The molecule has 0 amide bonds. The molecule has 4 nitrogen and oxygen atoms in total. The minimum atomic E-state index is -0.411. The van der Waals surface area contributed by atoms with Gasteiger partial charge in [-0.25, -0.2) is 4.79 Å². The Balaban J connectivity index is 3.03. The Morgan fingerprint density at radius 2 is 2.36 bits per heavy atom. The number of nitrogens with one attached hydrogen (secondary N) is 1. The number of hydrogen-bond donors (Lipinski definition) is 0. The van der Waals surface area contributed by atoms with Crippen LogP contribution in [0.2, 0.25) is 0 Å². The average molecular weight is 153 g/mol. The molecule has 4 heteroatoms. The van der Waals surface area contributed by atoms with Crippen LogP contribution >= 0.6 is 0 Å². The van der Waals surface area contributed by atoms with Gasteiger partial charge in [0.1, 0.15) is 5.69 Å². The Kier molecular flexibility index (Phi) is 1.85. The van der Waals surface area contributed by atoms with E-state index in [-0.39, 0.29) is 0 Å². The van der Waals surface area contributed by atoms with Gasteiger partial charge in [0, 0.05) is 13.2 Å². The van der Waals surface area contributed by atoms with Crippen LogP contribution in [0, 0.1) is 0 Å². The van der Waals surface area contributed by atoms with Gasteiger partial charge >= 0.3 is 5.97 Å². The van der Waals surface area contributed by atoms with Gasteiger partial charge < -0.3 is 9.30 Å². The van der Waals surface area contributed by atoms with Crippen LogP contribution in [0.3, 0.4) is 0 Å². The standard InChI is InChI=1S/C7H9N2O2/c1-9-4-5(8)3-6(9)7(10)11-2/h3-4,8H,1-2H3. The van der Waals surface area contributed by atoms with E-state index in [1.54, 1.807) is 17.8 Å². The summed E-state index contributed by atoms with van der Waals surface area (Å²) in [7, 11) is 3.02. The van der Waals surface area contributed by atoms with Gasteiger partial charge in [-0.1, -0.05) is 0 Å². The minimum absolute atomic E-state index is 0.313. The first-order chi connectivity index (χ1) is 5.15. The predicted molar refractivity (Wildman–Crippen MR) is 39.5 cm³/mol. The zero-order chi connectivity index (χ0) is 8.43. The van der Waals surface area contributed by atoms with Crippen molar-refractivity contribution in [1.82, 2.24) is 10.3 Å². The molecule has 1 N–H and O–H groups in total. The van der Waals surface area contributed by atoms with Crippen LogP contribution in [0.1, 0.15) is 10.5 Å². The molecule has 0 spiro atoms. The molecule has 0 aliphatic carbocycles. The molecule has 0 fully saturated rings. The highest BCUT2D eigenvalue weighted by Crippen LogP contribution is 2.10. The predicted octanol–water partition coefficient (Wildman–Crippen LogP) is 0.726. The van der Waals surface area contributed by atoms with Crippen molar-refractivity contribution in [3.05, 3.63) is 18.0 Å². The Labute approximate surface area is 64.6 Å². The number of carbonyl (C=O) groups excluding carboxylic acids is 1. The van der Waals surface area contributed by atoms with Gasteiger partial charge in [-0.3, -0.25) is 5.73 Å². The van der Waals surface area contributed by atoms with E-state index in [0.717, 1.165) is 0 Å². The summed E-state index contributed by atoms with van der Waals surface area (Å²) in [5, 5.41) is 0. The maximum Gasteiger partial charge on any atom is 0.354 e. The van der Waals surface area contributed by atoms with Crippen LogP contribution in [0.15, 0.2) is 12.3 Å². The van der Waals surface area contributed by atoms with Crippen molar-refractivity contribution in [3.8, 4) is 0 Å². The molecule has 0 unspecified atom stereocenters. The number of rotatable bonds is 1. The number of nitrogens with zero attached hydrogens (tertiary/aromatic N) is 1. The zero-order valence-corrected chi connectivity index (χ0v) is 6.42. The molecule has 1 aromatic heterocycles. The smallest absolute Gasteiger partial charge is 0.354 e.